The zero-order valence-electron chi connectivity index (χ0n) is 11.6. The van der Waals surface area contributed by atoms with Crippen molar-refractivity contribution in [3.8, 4) is 0 Å². The van der Waals surface area contributed by atoms with Crippen LogP contribution in [0.15, 0.2) is 24.3 Å². The van der Waals surface area contributed by atoms with Crippen molar-refractivity contribution in [2.24, 2.45) is 11.7 Å². The maximum Gasteiger partial charge on any atom is 0.224 e. The Morgan fingerprint density at radius 1 is 1.28 bits per heavy atom. The van der Waals surface area contributed by atoms with E-state index < -0.39 is 0 Å². The third-order valence-corrected chi connectivity index (χ3v) is 3.26. The number of rotatable bonds is 6. The maximum absolute atomic E-state index is 11.8. The van der Waals surface area contributed by atoms with Gasteiger partial charge in [0.05, 0.1) is 0 Å². The average molecular weight is 248 g/mol. The highest BCUT2D eigenvalue weighted by Gasteiger charge is 2.13. The molecule has 3 heteroatoms. The van der Waals surface area contributed by atoms with Gasteiger partial charge in [-0.05, 0) is 23.5 Å². The summed E-state index contributed by atoms with van der Waals surface area (Å²) in [5.74, 6) is 0.517. The number of carbonyl (C=O) groups excluding carboxylic acids is 1. The Labute approximate surface area is 110 Å². The minimum Gasteiger partial charge on any atom is -0.352 e. The Morgan fingerprint density at radius 3 is 2.33 bits per heavy atom. The van der Waals surface area contributed by atoms with Crippen molar-refractivity contribution in [3.05, 3.63) is 35.4 Å². The molecule has 0 aliphatic heterocycles. The van der Waals surface area contributed by atoms with Crippen molar-refractivity contribution < 1.29 is 4.79 Å². The van der Waals surface area contributed by atoms with Gasteiger partial charge in [0.2, 0.25) is 5.91 Å². The summed E-state index contributed by atoms with van der Waals surface area (Å²) in [6.45, 7) is 7.31. The highest BCUT2D eigenvalue weighted by Crippen LogP contribution is 2.14. The van der Waals surface area contributed by atoms with Gasteiger partial charge in [-0.3, -0.25) is 4.79 Å². The summed E-state index contributed by atoms with van der Waals surface area (Å²) in [5.41, 5.74) is 7.99. The number of benzene rings is 1. The topological polar surface area (TPSA) is 55.1 Å². The molecule has 1 atom stereocenters. The molecule has 18 heavy (non-hydrogen) atoms. The summed E-state index contributed by atoms with van der Waals surface area (Å²) >= 11 is 0. The molecule has 1 aromatic carbocycles. The molecular formula is C15H24N2O. The molecular weight excluding hydrogens is 224 g/mol. The van der Waals surface area contributed by atoms with Crippen LogP contribution < -0.4 is 11.1 Å². The van der Waals surface area contributed by atoms with Gasteiger partial charge in [-0.25, -0.2) is 0 Å². The third kappa shape index (κ3) is 4.15. The van der Waals surface area contributed by atoms with Crippen LogP contribution >= 0.6 is 0 Å². The predicted molar refractivity (Wildman–Crippen MR) is 75.2 cm³/mol. The van der Waals surface area contributed by atoms with E-state index in [1.165, 1.54) is 5.56 Å². The number of carbonyl (C=O) groups is 1. The van der Waals surface area contributed by atoms with E-state index in [-0.39, 0.29) is 11.8 Å². The lowest BCUT2D eigenvalue weighted by Crippen LogP contribution is -2.34. The molecule has 1 rings (SSSR count). The van der Waals surface area contributed by atoms with Crippen LogP contribution in [0.25, 0.3) is 0 Å². The summed E-state index contributed by atoms with van der Waals surface area (Å²) in [6, 6.07) is 8.37. The zero-order chi connectivity index (χ0) is 13.5. The fourth-order valence-electron chi connectivity index (χ4n) is 1.81. The number of amides is 1. The first-order valence-electron chi connectivity index (χ1n) is 6.65. The van der Waals surface area contributed by atoms with E-state index in [4.69, 9.17) is 5.73 Å². The van der Waals surface area contributed by atoms with E-state index in [1.807, 2.05) is 6.92 Å². The number of nitrogens with one attached hydrogen (secondary N) is 1. The van der Waals surface area contributed by atoms with Gasteiger partial charge >= 0.3 is 0 Å². The van der Waals surface area contributed by atoms with E-state index in [0.717, 1.165) is 12.0 Å². The molecule has 0 fully saturated rings. The van der Waals surface area contributed by atoms with Crippen molar-refractivity contribution in [2.45, 2.75) is 39.7 Å². The predicted octanol–water partition coefficient (Wildman–Crippen LogP) is 2.41. The molecule has 0 spiro atoms. The van der Waals surface area contributed by atoms with Crippen LogP contribution in [0.2, 0.25) is 0 Å². The average Bonchev–Trinajstić information content (AvgIpc) is 2.38. The molecule has 100 valence electrons. The van der Waals surface area contributed by atoms with Crippen LogP contribution in [0.1, 0.15) is 44.2 Å². The molecule has 0 bridgehead atoms. The van der Waals surface area contributed by atoms with E-state index in [0.29, 0.717) is 19.0 Å². The highest BCUT2D eigenvalue weighted by molar-refractivity contribution is 5.78. The Hall–Kier alpha value is -1.35. The second kappa shape index (κ2) is 7.17. The van der Waals surface area contributed by atoms with Gasteiger partial charge in [-0.2, -0.15) is 0 Å². The van der Waals surface area contributed by atoms with Crippen molar-refractivity contribution in [1.29, 1.82) is 0 Å². The fraction of sp³-hybridized carbons (Fsp3) is 0.533. The van der Waals surface area contributed by atoms with E-state index >= 15 is 0 Å². The summed E-state index contributed by atoms with van der Waals surface area (Å²) in [7, 11) is 0. The van der Waals surface area contributed by atoms with Gasteiger partial charge in [0.1, 0.15) is 0 Å². The number of hydrogen-bond acceptors (Lipinski definition) is 2. The van der Waals surface area contributed by atoms with Gasteiger partial charge in [0, 0.05) is 19.0 Å². The molecule has 0 aliphatic rings. The van der Waals surface area contributed by atoms with Crippen LogP contribution in [-0.4, -0.2) is 12.5 Å². The minimum absolute atomic E-state index is 0.0490. The molecule has 0 saturated heterocycles. The highest BCUT2D eigenvalue weighted by atomic mass is 16.1. The Kier molecular flexibility index (Phi) is 5.86. The van der Waals surface area contributed by atoms with Crippen LogP contribution in [0.4, 0.5) is 0 Å². The van der Waals surface area contributed by atoms with Gasteiger partial charge in [0.15, 0.2) is 0 Å². The maximum atomic E-state index is 11.8. The lowest BCUT2D eigenvalue weighted by molar-refractivity contribution is -0.124. The summed E-state index contributed by atoms with van der Waals surface area (Å²) in [5, 5.41) is 2.93. The van der Waals surface area contributed by atoms with Crippen LogP contribution in [0, 0.1) is 5.92 Å². The van der Waals surface area contributed by atoms with Crippen molar-refractivity contribution in [2.75, 3.05) is 6.54 Å². The fourth-order valence-corrected chi connectivity index (χ4v) is 1.81. The summed E-state index contributed by atoms with van der Waals surface area (Å²) in [6.07, 6.45) is 0.786. The van der Waals surface area contributed by atoms with Gasteiger partial charge in [-0.15, -0.1) is 0 Å². The quantitative estimate of drug-likeness (QED) is 0.812. The monoisotopic (exact) mass is 248 g/mol. The van der Waals surface area contributed by atoms with Crippen molar-refractivity contribution in [1.82, 2.24) is 5.32 Å². The van der Waals surface area contributed by atoms with Crippen LogP contribution in [0.3, 0.4) is 0 Å². The van der Waals surface area contributed by atoms with Crippen molar-refractivity contribution in [3.63, 3.8) is 0 Å². The smallest absolute Gasteiger partial charge is 0.224 e. The van der Waals surface area contributed by atoms with Gasteiger partial charge < -0.3 is 11.1 Å². The standard InChI is InChI=1S/C15H24N2O/c1-4-13(9-16)15(18)17-10-12-5-7-14(8-6-12)11(2)3/h5-8,11,13H,4,9-10,16H2,1-3H3,(H,17,18). The molecule has 0 aliphatic carbocycles. The minimum atomic E-state index is -0.0695. The first-order chi connectivity index (χ1) is 8.58. The number of hydrogen-bond donors (Lipinski definition) is 2. The Morgan fingerprint density at radius 2 is 1.89 bits per heavy atom. The molecule has 0 radical (unpaired) electrons. The first kappa shape index (κ1) is 14.7. The van der Waals surface area contributed by atoms with Crippen LogP contribution in [0.5, 0.6) is 0 Å². The Bertz CT molecular complexity index is 367. The molecule has 1 aromatic rings. The second-order valence-electron chi connectivity index (χ2n) is 4.95. The summed E-state index contributed by atoms with van der Waals surface area (Å²) in [4.78, 5) is 11.8. The second-order valence-corrected chi connectivity index (χ2v) is 4.95. The van der Waals surface area contributed by atoms with E-state index in [9.17, 15) is 4.79 Å². The molecule has 0 saturated carbocycles. The summed E-state index contributed by atoms with van der Waals surface area (Å²) < 4.78 is 0. The first-order valence-corrected chi connectivity index (χ1v) is 6.65. The molecule has 0 heterocycles. The molecule has 3 N–H and O–H groups in total. The Balaban J connectivity index is 2.51. The molecule has 1 unspecified atom stereocenters. The lowest BCUT2D eigenvalue weighted by atomic mass is 10.0. The van der Waals surface area contributed by atoms with Gasteiger partial charge in [0.25, 0.3) is 0 Å². The number of nitrogens with two attached hydrogens (primary N) is 1. The SMILES string of the molecule is CCC(CN)C(=O)NCc1ccc(C(C)C)cc1. The van der Waals surface area contributed by atoms with E-state index in [1.54, 1.807) is 0 Å². The molecule has 1 amide bonds. The normalized spacial score (nSPS) is 12.5. The van der Waals surface area contributed by atoms with Crippen LogP contribution in [-0.2, 0) is 11.3 Å². The zero-order valence-corrected chi connectivity index (χ0v) is 11.6. The third-order valence-electron chi connectivity index (χ3n) is 3.26. The largest absolute Gasteiger partial charge is 0.352 e. The lowest BCUT2D eigenvalue weighted by Gasteiger charge is -2.13. The van der Waals surface area contributed by atoms with E-state index in [2.05, 4.69) is 43.4 Å². The molecule has 0 aromatic heterocycles. The molecule has 3 nitrogen and oxygen atoms in total. The van der Waals surface area contributed by atoms with Crippen molar-refractivity contribution >= 4 is 5.91 Å². The van der Waals surface area contributed by atoms with Gasteiger partial charge in [-0.1, -0.05) is 45.0 Å².